The Labute approximate surface area is 215 Å². The zero-order valence-corrected chi connectivity index (χ0v) is 22.5. The Balaban J connectivity index is 1.18. The van der Waals surface area contributed by atoms with Crippen molar-refractivity contribution in [2.45, 2.75) is 96.3 Å². The number of rotatable bonds is 5. The Morgan fingerprint density at radius 2 is 1.69 bits per heavy atom. The van der Waals surface area contributed by atoms with E-state index in [0.29, 0.717) is 38.7 Å². The molecule has 0 radical (unpaired) electrons. The van der Waals surface area contributed by atoms with Crippen LogP contribution < -0.4 is 5.32 Å². The second-order valence-electron chi connectivity index (χ2n) is 12.0. The van der Waals surface area contributed by atoms with Crippen molar-refractivity contribution in [2.75, 3.05) is 26.2 Å². The van der Waals surface area contributed by atoms with E-state index in [0.717, 1.165) is 31.2 Å². The fourth-order valence-electron chi connectivity index (χ4n) is 5.61. The average Bonchev–Trinajstić information content (AvgIpc) is 2.79. The molecule has 1 saturated carbocycles. The summed E-state index contributed by atoms with van der Waals surface area (Å²) in [6, 6.07) is 9.96. The molecule has 4 rings (SSSR count). The molecule has 2 aliphatic heterocycles. The molecule has 0 aromatic heterocycles. The van der Waals surface area contributed by atoms with E-state index in [2.05, 4.69) is 19.2 Å². The molecule has 2 heterocycles. The Kier molecular flexibility index (Phi) is 8.15. The van der Waals surface area contributed by atoms with Crippen molar-refractivity contribution < 1.29 is 23.8 Å². The number of amides is 2. The molecule has 1 aromatic rings. The fraction of sp³-hybridized carbons (Fsp3) is 0.714. The highest BCUT2D eigenvalue weighted by Gasteiger charge is 2.48. The quantitative estimate of drug-likeness (QED) is 0.637. The predicted molar refractivity (Wildman–Crippen MR) is 138 cm³/mol. The first-order chi connectivity index (χ1) is 17.0. The van der Waals surface area contributed by atoms with Crippen LogP contribution in [0.4, 0.5) is 9.59 Å². The molecule has 36 heavy (non-hydrogen) atoms. The standard InChI is InChI=1S/C28H43N3O5/c1-20-17-31(26(33)36-27(2,3)4)19-28(5,29-20)22-15-24(16-22)35-23-11-13-30(14-12-23)25(32)34-18-21-9-7-6-8-10-21/h6-10,20,22-24,29H,11-19H2,1-5H3/t20-,22?,24?,28-/m1/s1. The van der Waals surface area contributed by atoms with Crippen LogP contribution in [0.2, 0.25) is 0 Å². The number of hydrogen-bond acceptors (Lipinski definition) is 6. The van der Waals surface area contributed by atoms with E-state index in [4.69, 9.17) is 14.2 Å². The molecule has 0 bridgehead atoms. The van der Waals surface area contributed by atoms with Crippen LogP contribution in [0.25, 0.3) is 0 Å². The minimum absolute atomic E-state index is 0.152. The maximum Gasteiger partial charge on any atom is 0.410 e. The van der Waals surface area contributed by atoms with Crippen LogP contribution in [0.5, 0.6) is 0 Å². The number of ether oxygens (including phenoxy) is 3. The number of nitrogens with one attached hydrogen (secondary N) is 1. The highest BCUT2D eigenvalue weighted by atomic mass is 16.6. The lowest BCUT2D eigenvalue weighted by atomic mass is 9.68. The van der Waals surface area contributed by atoms with Crippen molar-refractivity contribution >= 4 is 12.2 Å². The minimum atomic E-state index is -0.495. The molecule has 200 valence electrons. The van der Waals surface area contributed by atoms with Gasteiger partial charge in [0.05, 0.1) is 12.2 Å². The summed E-state index contributed by atoms with van der Waals surface area (Å²) >= 11 is 0. The van der Waals surface area contributed by atoms with Crippen molar-refractivity contribution in [3.63, 3.8) is 0 Å². The molecule has 1 aliphatic carbocycles. The van der Waals surface area contributed by atoms with Crippen molar-refractivity contribution in [3.05, 3.63) is 35.9 Å². The first kappa shape index (κ1) is 26.7. The number of piperazine rings is 1. The zero-order chi connectivity index (χ0) is 25.9. The summed E-state index contributed by atoms with van der Waals surface area (Å²) in [4.78, 5) is 28.8. The predicted octanol–water partition coefficient (Wildman–Crippen LogP) is 4.57. The van der Waals surface area contributed by atoms with Crippen molar-refractivity contribution in [3.8, 4) is 0 Å². The van der Waals surface area contributed by atoms with E-state index in [1.165, 1.54) is 0 Å². The third kappa shape index (κ3) is 6.91. The van der Waals surface area contributed by atoms with Crippen LogP contribution >= 0.6 is 0 Å². The van der Waals surface area contributed by atoms with Gasteiger partial charge < -0.3 is 29.3 Å². The minimum Gasteiger partial charge on any atom is -0.445 e. The van der Waals surface area contributed by atoms with Crippen LogP contribution in [0.3, 0.4) is 0 Å². The largest absolute Gasteiger partial charge is 0.445 e. The van der Waals surface area contributed by atoms with Gasteiger partial charge in [0.15, 0.2) is 0 Å². The molecular formula is C28H43N3O5. The molecular weight excluding hydrogens is 458 g/mol. The lowest BCUT2D eigenvalue weighted by Crippen LogP contribution is -2.69. The van der Waals surface area contributed by atoms with Gasteiger partial charge in [0, 0.05) is 37.8 Å². The summed E-state index contributed by atoms with van der Waals surface area (Å²) < 4.78 is 17.5. The molecule has 0 unspecified atom stereocenters. The smallest absolute Gasteiger partial charge is 0.410 e. The van der Waals surface area contributed by atoms with E-state index in [9.17, 15) is 9.59 Å². The Bertz CT molecular complexity index is 890. The van der Waals surface area contributed by atoms with Crippen molar-refractivity contribution in [1.82, 2.24) is 15.1 Å². The lowest BCUT2D eigenvalue weighted by Gasteiger charge is -2.53. The Hall–Kier alpha value is -2.32. The van der Waals surface area contributed by atoms with Gasteiger partial charge >= 0.3 is 12.2 Å². The second-order valence-corrected chi connectivity index (χ2v) is 12.0. The van der Waals surface area contributed by atoms with Crippen molar-refractivity contribution in [2.24, 2.45) is 5.92 Å². The van der Waals surface area contributed by atoms with Gasteiger partial charge in [-0.3, -0.25) is 0 Å². The third-order valence-corrected chi connectivity index (χ3v) is 7.53. The number of benzene rings is 1. The van der Waals surface area contributed by atoms with E-state index >= 15 is 0 Å². The zero-order valence-electron chi connectivity index (χ0n) is 22.5. The van der Waals surface area contributed by atoms with Crippen LogP contribution in [0, 0.1) is 5.92 Å². The number of carbonyl (C=O) groups excluding carboxylic acids is 2. The normalized spacial score (nSPS) is 29.4. The molecule has 8 nitrogen and oxygen atoms in total. The summed E-state index contributed by atoms with van der Waals surface area (Å²) in [7, 11) is 0. The average molecular weight is 502 g/mol. The Morgan fingerprint density at radius 1 is 1.03 bits per heavy atom. The van der Waals surface area contributed by atoms with E-state index < -0.39 is 5.60 Å². The number of piperidine rings is 1. The summed E-state index contributed by atoms with van der Waals surface area (Å²) in [5, 5.41) is 3.75. The van der Waals surface area contributed by atoms with Crippen LogP contribution in [0.1, 0.15) is 65.9 Å². The molecule has 2 atom stereocenters. The lowest BCUT2D eigenvalue weighted by molar-refractivity contribution is -0.114. The number of nitrogens with zero attached hydrogens (tertiary/aromatic N) is 2. The first-order valence-electron chi connectivity index (χ1n) is 13.4. The second kappa shape index (κ2) is 11.0. The summed E-state index contributed by atoms with van der Waals surface area (Å²) in [5.74, 6) is 0.447. The SMILES string of the molecule is C[C@@H]1CN(C(=O)OC(C)(C)C)C[C@](C)(C2CC(OC3CCN(C(=O)OCc4ccccc4)CC3)C2)N1. The molecule has 2 amide bonds. The van der Waals surface area contributed by atoms with Gasteiger partial charge in [-0.2, -0.15) is 0 Å². The number of carbonyl (C=O) groups is 2. The Morgan fingerprint density at radius 3 is 2.33 bits per heavy atom. The highest BCUT2D eigenvalue weighted by Crippen LogP contribution is 2.41. The van der Waals surface area contributed by atoms with Gasteiger partial charge in [0.1, 0.15) is 12.2 Å². The first-order valence-corrected chi connectivity index (χ1v) is 13.4. The van der Waals surface area contributed by atoms with Crippen molar-refractivity contribution in [1.29, 1.82) is 0 Å². The summed E-state index contributed by atoms with van der Waals surface area (Å²) in [5.41, 5.74) is 0.347. The van der Waals surface area contributed by atoms with Gasteiger partial charge in [-0.15, -0.1) is 0 Å². The number of hydrogen-bond donors (Lipinski definition) is 1. The van der Waals surface area contributed by atoms with E-state index in [1.54, 1.807) is 4.90 Å². The molecule has 2 saturated heterocycles. The third-order valence-electron chi connectivity index (χ3n) is 7.53. The summed E-state index contributed by atoms with van der Waals surface area (Å²) in [6.45, 7) is 13.0. The van der Waals surface area contributed by atoms with Crippen LogP contribution in [-0.2, 0) is 20.8 Å². The topological polar surface area (TPSA) is 80.3 Å². The van der Waals surface area contributed by atoms with Gasteiger partial charge in [-0.05, 0) is 71.8 Å². The van der Waals surface area contributed by atoms with Gasteiger partial charge in [0.2, 0.25) is 0 Å². The molecule has 0 spiro atoms. The monoisotopic (exact) mass is 501 g/mol. The van der Waals surface area contributed by atoms with E-state index in [-0.39, 0.29) is 36.0 Å². The maximum absolute atomic E-state index is 12.7. The van der Waals surface area contributed by atoms with Crippen LogP contribution in [0.15, 0.2) is 30.3 Å². The molecule has 1 aromatic carbocycles. The molecule has 3 aliphatic rings. The maximum atomic E-state index is 12.7. The van der Waals surface area contributed by atoms with E-state index in [1.807, 2.05) is 56.0 Å². The van der Waals surface area contributed by atoms with Gasteiger partial charge in [-0.1, -0.05) is 30.3 Å². The molecule has 1 N–H and O–H groups in total. The van der Waals surface area contributed by atoms with Gasteiger partial charge in [0.25, 0.3) is 0 Å². The molecule has 3 fully saturated rings. The van der Waals surface area contributed by atoms with Gasteiger partial charge in [-0.25, -0.2) is 9.59 Å². The number of likely N-dealkylation sites (tertiary alicyclic amines) is 1. The van der Waals surface area contributed by atoms with Crippen LogP contribution in [-0.4, -0.2) is 77.6 Å². The highest BCUT2D eigenvalue weighted by molar-refractivity contribution is 5.68. The fourth-order valence-corrected chi connectivity index (χ4v) is 5.61. The summed E-state index contributed by atoms with van der Waals surface area (Å²) in [6.07, 6.45) is 3.57. The molecule has 8 heteroatoms.